The predicted molar refractivity (Wildman–Crippen MR) is 74.2 cm³/mol. The zero-order valence-corrected chi connectivity index (χ0v) is 11.7. The molecule has 6 heteroatoms. The summed E-state index contributed by atoms with van der Waals surface area (Å²) in [5.41, 5.74) is 0.928. The fourth-order valence-electron chi connectivity index (χ4n) is 1.24. The van der Waals surface area contributed by atoms with E-state index in [1.807, 2.05) is 38.2 Å². The van der Waals surface area contributed by atoms with Crippen LogP contribution in [0.4, 0.5) is 11.7 Å². The van der Waals surface area contributed by atoms with Crippen molar-refractivity contribution in [3.05, 3.63) is 33.7 Å². The number of halogens is 1. The third-order valence-corrected chi connectivity index (χ3v) is 3.06. The second-order valence-electron chi connectivity index (χ2n) is 3.59. The normalized spacial score (nSPS) is 12.4. The van der Waals surface area contributed by atoms with Crippen molar-refractivity contribution in [1.82, 2.24) is 15.5 Å². The molecule has 0 fully saturated rings. The average molecular weight is 344 g/mol. The molecule has 0 aliphatic heterocycles. The van der Waals surface area contributed by atoms with Crippen LogP contribution in [0.3, 0.4) is 0 Å². The molecule has 0 saturated heterocycles. The zero-order valence-electron chi connectivity index (χ0n) is 9.57. The van der Waals surface area contributed by atoms with E-state index in [-0.39, 0.29) is 6.04 Å². The van der Waals surface area contributed by atoms with Crippen molar-refractivity contribution < 1.29 is 4.42 Å². The number of aromatic nitrogens is 2. The molecule has 0 amide bonds. The van der Waals surface area contributed by atoms with Crippen LogP contribution >= 0.6 is 22.6 Å². The van der Waals surface area contributed by atoms with Gasteiger partial charge in [-0.05, 0) is 60.8 Å². The molecule has 1 heterocycles. The molecule has 90 valence electrons. The SMILES string of the molecule is CNC(C)c1nnc(Nc2ccc(I)cc2)o1. The standard InChI is InChI=1S/C11H13IN4O/c1-7(13-2)10-15-16-11(17-10)14-9-5-3-8(12)4-6-9/h3-7,13H,1-2H3,(H,14,16). The molecule has 5 nitrogen and oxygen atoms in total. The minimum atomic E-state index is 0.0507. The molecular formula is C11H13IN4O. The van der Waals surface area contributed by atoms with E-state index in [2.05, 4.69) is 43.4 Å². The molecule has 0 aliphatic carbocycles. The van der Waals surface area contributed by atoms with Crippen LogP contribution in [-0.2, 0) is 0 Å². The van der Waals surface area contributed by atoms with Crippen molar-refractivity contribution in [2.24, 2.45) is 0 Å². The number of hydrogen-bond acceptors (Lipinski definition) is 5. The van der Waals surface area contributed by atoms with Crippen molar-refractivity contribution in [2.45, 2.75) is 13.0 Å². The van der Waals surface area contributed by atoms with Gasteiger partial charge in [-0.25, -0.2) is 0 Å². The lowest BCUT2D eigenvalue weighted by Crippen LogP contribution is -2.12. The number of hydrogen-bond donors (Lipinski definition) is 2. The molecule has 2 rings (SSSR count). The summed E-state index contributed by atoms with van der Waals surface area (Å²) in [7, 11) is 1.85. The first kappa shape index (κ1) is 12.3. The van der Waals surface area contributed by atoms with Crippen molar-refractivity contribution in [3.63, 3.8) is 0 Å². The van der Waals surface area contributed by atoms with E-state index in [4.69, 9.17) is 4.42 Å². The zero-order chi connectivity index (χ0) is 12.3. The van der Waals surface area contributed by atoms with Crippen molar-refractivity contribution >= 4 is 34.3 Å². The van der Waals surface area contributed by atoms with Crippen LogP contribution in [0.1, 0.15) is 18.9 Å². The van der Waals surface area contributed by atoms with Crippen LogP contribution in [0.5, 0.6) is 0 Å². The second-order valence-corrected chi connectivity index (χ2v) is 4.83. The minimum absolute atomic E-state index is 0.0507. The number of anilines is 2. The minimum Gasteiger partial charge on any atom is -0.406 e. The van der Waals surface area contributed by atoms with E-state index in [0.29, 0.717) is 11.9 Å². The summed E-state index contributed by atoms with van der Waals surface area (Å²) in [5, 5.41) is 14.0. The first-order chi connectivity index (χ1) is 8.19. The Labute approximate surface area is 113 Å². The lowest BCUT2D eigenvalue weighted by atomic mass is 10.3. The number of nitrogens with one attached hydrogen (secondary N) is 2. The fourth-order valence-corrected chi connectivity index (χ4v) is 1.60. The molecular weight excluding hydrogens is 331 g/mol. The molecule has 1 aromatic carbocycles. The van der Waals surface area contributed by atoms with E-state index >= 15 is 0 Å². The van der Waals surface area contributed by atoms with Gasteiger partial charge in [0.05, 0.1) is 6.04 Å². The Balaban J connectivity index is 2.08. The van der Waals surface area contributed by atoms with Crippen LogP contribution in [0, 0.1) is 3.57 Å². The molecule has 0 aliphatic rings. The monoisotopic (exact) mass is 344 g/mol. The van der Waals surface area contributed by atoms with Gasteiger partial charge in [0.15, 0.2) is 0 Å². The maximum atomic E-state index is 5.47. The molecule has 0 saturated carbocycles. The summed E-state index contributed by atoms with van der Waals surface area (Å²) in [6.45, 7) is 1.96. The number of nitrogens with zero attached hydrogens (tertiary/aromatic N) is 2. The maximum Gasteiger partial charge on any atom is 0.320 e. The molecule has 0 bridgehead atoms. The average Bonchev–Trinajstić information content (AvgIpc) is 2.80. The first-order valence-corrected chi connectivity index (χ1v) is 6.30. The Hall–Kier alpha value is -1.15. The number of rotatable bonds is 4. The van der Waals surface area contributed by atoms with Gasteiger partial charge >= 0.3 is 6.01 Å². The van der Waals surface area contributed by atoms with Gasteiger partial charge in [0.25, 0.3) is 0 Å². The fraction of sp³-hybridized carbons (Fsp3) is 0.273. The van der Waals surface area contributed by atoms with E-state index in [1.54, 1.807) is 0 Å². The summed E-state index contributed by atoms with van der Waals surface area (Å²) in [6, 6.07) is 8.41. The molecule has 0 radical (unpaired) electrons. The Morgan fingerprint density at radius 2 is 1.94 bits per heavy atom. The summed E-state index contributed by atoms with van der Waals surface area (Å²) in [6.07, 6.45) is 0. The quantitative estimate of drug-likeness (QED) is 0.835. The van der Waals surface area contributed by atoms with E-state index in [1.165, 1.54) is 3.57 Å². The molecule has 1 aromatic heterocycles. The van der Waals surface area contributed by atoms with Crippen LogP contribution in [-0.4, -0.2) is 17.2 Å². The summed E-state index contributed by atoms with van der Waals surface area (Å²) in [4.78, 5) is 0. The highest BCUT2D eigenvalue weighted by Gasteiger charge is 2.11. The molecule has 0 spiro atoms. The van der Waals surface area contributed by atoms with Gasteiger partial charge in [0.2, 0.25) is 5.89 Å². The van der Waals surface area contributed by atoms with Crippen LogP contribution in [0.2, 0.25) is 0 Å². The topological polar surface area (TPSA) is 63.0 Å². The highest BCUT2D eigenvalue weighted by molar-refractivity contribution is 14.1. The third kappa shape index (κ3) is 3.16. The lowest BCUT2D eigenvalue weighted by Gasteiger charge is -2.03. The van der Waals surface area contributed by atoms with Gasteiger partial charge in [-0.2, -0.15) is 0 Å². The predicted octanol–water partition coefficient (Wildman–Crippen LogP) is 2.70. The largest absolute Gasteiger partial charge is 0.406 e. The van der Waals surface area contributed by atoms with Gasteiger partial charge in [0.1, 0.15) is 0 Å². The van der Waals surface area contributed by atoms with E-state index < -0.39 is 0 Å². The smallest absolute Gasteiger partial charge is 0.320 e. The highest BCUT2D eigenvalue weighted by Crippen LogP contribution is 2.18. The van der Waals surface area contributed by atoms with Gasteiger partial charge in [0, 0.05) is 9.26 Å². The molecule has 1 unspecified atom stereocenters. The highest BCUT2D eigenvalue weighted by atomic mass is 127. The van der Waals surface area contributed by atoms with Gasteiger partial charge in [-0.15, -0.1) is 5.10 Å². The van der Waals surface area contributed by atoms with Crippen molar-refractivity contribution in [1.29, 1.82) is 0 Å². The van der Waals surface area contributed by atoms with Crippen LogP contribution in [0.25, 0.3) is 0 Å². The van der Waals surface area contributed by atoms with E-state index in [0.717, 1.165) is 5.69 Å². The Bertz CT molecular complexity index is 482. The summed E-state index contributed by atoms with van der Waals surface area (Å²) < 4.78 is 6.66. The Morgan fingerprint density at radius 1 is 1.24 bits per heavy atom. The summed E-state index contributed by atoms with van der Waals surface area (Å²) >= 11 is 2.26. The van der Waals surface area contributed by atoms with Gasteiger partial charge in [-0.1, -0.05) is 5.10 Å². The molecule has 2 N–H and O–H groups in total. The van der Waals surface area contributed by atoms with Crippen LogP contribution < -0.4 is 10.6 Å². The summed E-state index contributed by atoms with van der Waals surface area (Å²) in [5.74, 6) is 0.570. The van der Waals surface area contributed by atoms with Gasteiger partial charge in [-0.3, -0.25) is 0 Å². The van der Waals surface area contributed by atoms with Crippen molar-refractivity contribution in [2.75, 3.05) is 12.4 Å². The molecule has 17 heavy (non-hydrogen) atoms. The maximum absolute atomic E-state index is 5.47. The third-order valence-electron chi connectivity index (χ3n) is 2.34. The van der Waals surface area contributed by atoms with E-state index in [9.17, 15) is 0 Å². The first-order valence-electron chi connectivity index (χ1n) is 5.22. The molecule has 1 atom stereocenters. The second kappa shape index (κ2) is 5.46. The Morgan fingerprint density at radius 3 is 2.59 bits per heavy atom. The van der Waals surface area contributed by atoms with Gasteiger partial charge < -0.3 is 15.1 Å². The lowest BCUT2D eigenvalue weighted by molar-refractivity contribution is 0.443. The number of benzene rings is 1. The van der Waals surface area contributed by atoms with Crippen molar-refractivity contribution in [3.8, 4) is 0 Å². The Kier molecular flexibility index (Phi) is 3.95. The van der Waals surface area contributed by atoms with Crippen LogP contribution in [0.15, 0.2) is 28.7 Å². The molecule has 2 aromatic rings.